The molecule has 1 aromatic rings. The number of nitrogens with one attached hydrogen (secondary N) is 2. The van der Waals surface area contributed by atoms with E-state index in [2.05, 4.69) is 15.5 Å². The lowest BCUT2D eigenvalue weighted by Gasteiger charge is -2.30. The van der Waals surface area contributed by atoms with Crippen LogP contribution in [0.25, 0.3) is 0 Å². The van der Waals surface area contributed by atoms with Crippen LogP contribution >= 0.6 is 11.6 Å². The molecule has 2 fully saturated rings. The lowest BCUT2D eigenvalue weighted by atomic mass is 10.1. The van der Waals surface area contributed by atoms with Gasteiger partial charge in [0.2, 0.25) is 0 Å². The number of amides is 2. The van der Waals surface area contributed by atoms with Crippen molar-refractivity contribution in [2.45, 2.75) is 32.1 Å². The molecule has 2 amide bonds. The van der Waals surface area contributed by atoms with Crippen LogP contribution in [0.2, 0.25) is 5.02 Å². The van der Waals surface area contributed by atoms with Crippen molar-refractivity contribution in [3.05, 3.63) is 23.2 Å². The van der Waals surface area contributed by atoms with E-state index in [4.69, 9.17) is 11.6 Å². The van der Waals surface area contributed by atoms with Crippen molar-refractivity contribution in [1.82, 2.24) is 5.32 Å². The van der Waals surface area contributed by atoms with Crippen LogP contribution in [0, 0.1) is 5.41 Å². The van der Waals surface area contributed by atoms with Crippen molar-refractivity contribution >= 4 is 29.0 Å². The van der Waals surface area contributed by atoms with Crippen molar-refractivity contribution in [2.24, 2.45) is 5.41 Å². The number of piperidine rings is 1. The minimum absolute atomic E-state index is 0.0959. The van der Waals surface area contributed by atoms with Crippen LogP contribution in [0.5, 0.6) is 0 Å². The largest absolute Gasteiger partial charge is 0.396 e. The zero-order valence-corrected chi connectivity index (χ0v) is 14.0. The summed E-state index contributed by atoms with van der Waals surface area (Å²) in [4.78, 5) is 14.5. The quantitative estimate of drug-likeness (QED) is 0.773. The smallest absolute Gasteiger partial charge is 0.319 e. The molecule has 0 bridgehead atoms. The Balaban J connectivity index is 1.65. The van der Waals surface area contributed by atoms with Gasteiger partial charge in [0.25, 0.3) is 0 Å². The molecule has 3 N–H and O–H groups in total. The highest BCUT2D eigenvalue weighted by Gasteiger charge is 2.42. The lowest BCUT2D eigenvalue weighted by molar-refractivity contribution is 0.206. The van der Waals surface area contributed by atoms with E-state index in [1.54, 1.807) is 6.07 Å². The molecule has 23 heavy (non-hydrogen) atoms. The summed E-state index contributed by atoms with van der Waals surface area (Å²) in [5.74, 6) is 0. The molecule has 1 heterocycles. The van der Waals surface area contributed by atoms with Crippen LogP contribution in [0.4, 0.5) is 16.2 Å². The van der Waals surface area contributed by atoms with Crippen molar-refractivity contribution < 1.29 is 9.90 Å². The number of aliphatic hydroxyl groups is 1. The molecular weight excluding hydrogens is 314 g/mol. The summed E-state index contributed by atoms with van der Waals surface area (Å²) in [6, 6.07) is 5.38. The van der Waals surface area contributed by atoms with E-state index in [0.717, 1.165) is 37.3 Å². The van der Waals surface area contributed by atoms with E-state index in [0.29, 0.717) is 11.6 Å². The van der Waals surface area contributed by atoms with Crippen LogP contribution < -0.4 is 15.5 Å². The van der Waals surface area contributed by atoms with Crippen LogP contribution in [0.1, 0.15) is 32.1 Å². The highest BCUT2D eigenvalue weighted by Crippen LogP contribution is 2.44. The molecule has 0 atom stereocenters. The van der Waals surface area contributed by atoms with E-state index < -0.39 is 0 Å². The fraction of sp³-hybridized carbons (Fsp3) is 0.588. The third kappa shape index (κ3) is 4.09. The van der Waals surface area contributed by atoms with Gasteiger partial charge in [-0.05, 0) is 50.3 Å². The summed E-state index contributed by atoms with van der Waals surface area (Å²) in [5.41, 5.74) is 1.67. The molecule has 0 aromatic heterocycles. The zero-order valence-electron chi connectivity index (χ0n) is 13.3. The number of anilines is 2. The van der Waals surface area contributed by atoms with E-state index >= 15 is 0 Å². The van der Waals surface area contributed by atoms with E-state index in [-0.39, 0.29) is 18.1 Å². The summed E-state index contributed by atoms with van der Waals surface area (Å²) in [5, 5.41) is 15.7. The van der Waals surface area contributed by atoms with Crippen molar-refractivity contribution in [2.75, 3.05) is 36.5 Å². The first kappa shape index (κ1) is 16.4. The van der Waals surface area contributed by atoms with Gasteiger partial charge in [-0.25, -0.2) is 4.79 Å². The SMILES string of the molecule is O=C(NCC1(CO)CC1)Nc1cc(Cl)ccc1N1CCCCC1. The predicted molar refractivity (Wildman–Crippen MR) is 93.3 cm³/mol. The van der Waals surface area contributed by atoms with Gasteiger partial charge in [0.15, 0.2) is 0 Å². The number of hydrogen-bond acceptors (Lipinski definition) is 3. The molecule has 1 aliphatic carbocycles. The Labute approximate surface area is 142 Å². The second kappa shape index (κ2) is 6.97. The topological polar surface area (TPSA) is 64.6 Å². The van der Waals surface area contributed by atoms with Crippen molar-refractivity contribution in [1.29, 1.82) is 0 Å². The van der Waals surface area contributed by atoms with Gasteiger partial charge in [0, 0.05) is 30.1 Å². The third-order valence-electron chi connectivity index (χ3n) is 4.82. The van der Waals surface area contributed by atoms with Crippen LogP contribution in [0.15, 0.2) is 18.2 Å². The molecule has 6 heteroatoms. The average molecular weight is 338 g/mol. The predicted octanol–water partition coefficient (Wildman–Crippen LogP) is 3.22. The number of benzene rings is 1. The Hall–Kier alpha value is -1.46. The molecule has 3 rings (SSSR count). The second-order valence-corrected chi connectivity index (χ2v) is 7.11. The number of halogens is 1. The van der Waals surface area contributed by atoms with Gasteiger partial charge in [-0.3, -0.25) is 0 Å². The standard InChI is InChI=1S/C17H24ClN3O2/c18-13-4-5-15(21-8-2-1-3-9-21)14(10-13)20-16(23)19-11-17(12-22)6-7-17/h4-5,10,22H,1-3,6-9,11-12H2,(H2,19,20,23). The van der Waals surface area contributed by atoms with E-state index in [1.807, 2.05) is 12.1 Å². The molecule has 0 radical (unpaired) electrons. The van der Waals surface area contributed by atoms with Crippen LogP contribution in [0.3, 0.4) is 0 Å². The Bertz CT molecular complexity index is 569. The number of carbonyl (C=O) groups excluding carboxylic acids is 1. The van der Waals surface area contributed by atoms with Crippen molar-refractivity contribution in [3.8, 4) is 0 Å². The minimum atomic E-state index is -0.245. The molecule has 0 unspecified atom stereocenters. The number of rotatable bonds is 5. The number of hydrogen-bond donors (Lipinski definition) is 3. The fourth-order valence-electron chi connectivity index (χ4n) is 3.02. The lowest BCUT2D eigenvalue weighted by Crippen LogP contribution is -2.36. The summed E-state index contributed by atoms with van der Waals surface area (Å²) >= 11 is 6.10. The molecule has 0 spiro atoms. The number of carbonyl (C=O) groups is 1. The van der Waals surface area contributed by atoms with Crippen molar-refractivity contribution in [3.63, 3.8) is 0 Å². The van der Waals surface area contributed by atoms with Gasteiger partial charge >= 0.3 is 6.03 Å². The van der Waals surface area contributed by atoms with Gasteiger partial charge in [-0.2, -0.15) is 0 Å². The first-order valence-corrected chi connectivity index (χ1v) is 8.70. The van der Waals surface area contributed by atoms with Gasteiger partial charge in [0.1, 0.15) is 0 Å². The first-order valence-electron chi connectivity index (χ1n) is 8.32. The summed E-state index contributed by atoms with van der Waals surface area (Å²) in [6.07, 6.45) is 5.55. The second-order valence-electron chi connectivity index (χ2n) is 6.67. The average Bonchev–Trinajstić information content (AvgIpc) is 3.35. The summed E-state index contributed by atoms with van der Waals surface area (Å²) in [6.45, 7) is 2.65. The normalized spacial score (nSPS) is 19.3. The maximum atomic E-state index is 12.2. The van der Waals surface area contributed by atoms with Gasteiger partial charge in [-0.1, -0.05) is 11.6 Å². The maximum Gasteiger partial charge on any atom is 0.319 e. The Kier molecular flexibility index (Phi) is 4.97. The highest BCUT2D eigenvalue weighted by atomic mass is 35.5. The van der Waals surface area contributed by atoms with Gasteiger partial charge in [0.05, 0.1) is 18.0 Å². The Morgan fingerprint density at radius 1 is 1.26 bits per heavy atom. The van der Waals surface area contributed by atoms with Gasteiger partial charge in [-0.15, -0.1) is 0 Å². The zero-order chi connectivity index (χ0) is 16.3. The first-order chi connectivity index (χ1) is 11.1. The van der Waals surface area contributed by atoms with Crippen LogP contribution in [-0.4, -0.2) is 37.4 Å². The third-order valence-corrected chi connectivity index (χ3v) is 5.06. The maximum absolute atomic E-state index is 12.2. The molecule has 1 saturated heterocycles. The minimum Gasteiger partial charge on any atom is -0.396 e. The Morgan fingerprint density at radius 3 is 2.65 bits per heavy atom. The summed E-state index contributed by atoms with van der Waals surface area (Å²) in [7, 11) is 0. The van der Waals surface area contributed by atoms with E-state index in [9.17, 15) is 9.90 Å². The highest BCUT2D eigenvalue weighted by molar-refractivity contribution is 6.31. The van der Waals surface area contributed by atoms with E-state index in [1.165, 1.54) is 19.3 Å². The molecule has 5 nitrogen and oxygen atoms in total. The molecule has 2 aliphatic rings. The summed E-state index contributed by atoms with van der Waals surface area (Å²) < 4.78 is 0. The molecular formula is C17H24ClN3O2. The Morgan fingerprint density at radius 2 is 2.00 bits per heavy atom. The molecule has 1 aliphatic heterocycles. The fourth-order valence-corrected chi connectivity index (χ4v) is 3.19. The number of aliphatic hydroxyl groups excluding tert-OH is 1. The monoisotopic (exact) mass is 337 g/mol. The molecule has 1 saturated carbocycles. The van der Waals surface area contributed by atoms with Crippen LogP contribution in [-0.2, 0) is 0 Å². The van der Waals surface area contributed by atoms with Gasteiger partial charge < -0.3 is 20.6 Å². The molecule has 126 valence electrons. The molecule has 1 aromatic carbocycles. The number of urea groups is 1. The number of nitrogens with zero attached hydrogens (tertiary/aromatic N) is 1.